The first-order chi connectivity index (χ1) is 7.19. The maximum atomic E-state index is 5.83. The number of hydrogen-bond acceptors (Lipinski definition) is 3. The Kier molecular flexibility index (Phi) is 4.86. The number of nitrogens with one attached hydrogen (secondary N) is 1. The van der Waals surface area contributed by atoms with Gasteiger partial charge in [0.1, 0.15) is 17.3 Å². The van der Waals surface area contributed by atoms with Crippen molar-refractivity contribution in [2.24, 2.45) is 0 Å². The first kappa shape index (κ1) is 12.3. The van der Waals surface area contributed by atoms with Crippen molar-refractivity contribution in [1.29, 1.82) is 0 Å². The van der Waals surface area contributed by atoms with Gasteiger partial charge >= 0.3 is 0 Å². The highest BCUT2D eigenvalue weighted by atomic mass is 79.9. The smallest absolute Gasteiger partial charge is 0.148 e. The largest absolute Gasteiger partial charge is 0.355 e. The van der Waals surface area contributed by atoms with Gasteiger partial charge in [-0.25, -0.2) is 9.97 Å². The molecule has 15 heavy (non-hydrogen) atoms. The molecule has 1 unspecified atom stereocenters. The fourth-order valence-electron chi connectivity index (χ4n) is 1.10. The molecule has 0 saturated heterocycles. The predicted molar refractivity (Wildman–Crippen MR) is 65.9 cm³/mol. The second kappa shape index (κ2) is 5.94. The van der Waals surface area contributed by atoms with Gasteiger partial charge in [-0.1, -0.05) is 30.9 Å². The van der Waals surface area contributed by atoms with Crippen LogP contribution in [0.2, 0.25) is 5.15 Å². The molecular formula is C10H11BrClN3. The van der Waals surface area contributed by atoms with Crippen LogP contribution in [0.3, 0.4) is 0 Å². The Morgan fingerprint density at radius 3 is 3.00 bits per heavy atom. The lowest BCUT2D eigenvalue weighted by Crippen LogP contribution is -2.18. The third-order valence-corrected chi connectivity index (χ3v) is 3.10. The zero-order valence-electron chi connectivity index (χ0n) is 8.30. The molecule has 0 aromatic carbocycles. The third kappa shape index (κ3) is 3.37. The minimum absolute atomic E-state index is 0.0303. The van der Waals surface area contributed by atoms with Crippen molar-refractivity contribution in [2.45, 2.75) is 25.8 Å². The number of rotatable bonds is 4. The number of halogens is 2. The second-order valence-electron chi connectivity index (χ2n) is 2.98. The van der Waals surface area contributed by atoms with Crippen LogP contribution in [0.15, 0.2) is 10.8 Å². The van der Waals surface area contributed by atoms with Gasteiger partial charge < -0.3 is 5.32 Å². The van der Waals surface area contributed by atoms with E-state index in [1.54, 1.807) is 0 Å². The van der Waals surface area contributed by atoms with E-state index in [9.17, 15) is 0 Å². The summed E-state index contributed by atoms with van der Waals surface area (Å²) in [6.07, 6.45) is 8.69. The highest BCUT2D eigenvalue weighted by molar-refractivity contribution is 9.10. The molecule has 3 nitrogen and oxygen atoms in total. The number of nitrogens with zero attached hydrogens (tertiary/aromatic N) is 2. The molecule has 1 heterocycles. The standard InChI is InChI=1S/C10H11BrClN3/c1-3-5-7(4-2)15-10-8(11)9(12)13-6-14-10/h2,6-7H,3,5H2,1H3,(H,13,14,15). The van der Waals surface area contributed by atoms with Gasteiger partial charge in [-0.3, -0.25) is 0 Å². The molecule has 1 aromatic rings. The molecule has 0 fully saturated rings. The zero-order chi connectivity index (χ0) is 11.3. The molecule has 0 aliphatic carbocycles. The van der Waals surface area contributed by atoms with Gasteiger partial charge in [-0.15, -0.1) is 6.42 Å². The second-order valence-corrected chi connectivity index (χ2v) is 4.13. The summed E-state index contributed by atoms with van der Waals surface area (Å²) in [6, 6.07) is -0.0303. The maximum absolute atomic E-state index is 5.83. The van der Waals surface area contributed by atoms with Crippen molar-refractivity contribution in [2.75, 3.05) is 5.32 Å². The van der Waals surface area contributed by atoms with Crippen LogP contribution in [0.25, 0.3) is 0 Å². The van der Waals surface area contributed by atoms with E-state index in [0.717, 1.165) is 12.8 Å². The Hall–Kier alpha value is -0.790. The SMILES string of the molecule is C#CC(CCC)Nc1ncnc(Cl)c1Br. The Labute approximate surface area is 103 Å². The van der Waals surface area contributed by atoms with Crippen LogP contribution >= 0.6 is 27.5 Å². The van der Waals surface area contributed by atoms with E-state index >= 15 is 0 Å². The summed E-state index contributed by atoms with van der Waals surface area (Å²) in [5.74, 6) is 3.29. The average molecular weight is 289 g/mol. The van der Waals surface area contributed by atoms with E-state index in [2.05, 4.69) is 44.1 Å². The minimum atomic E-state index is -0.0303. The Morgan fingerprint density at radius 1 is 1.67 bits per heavy atom. The molecule has 0 saturated carbocycles. The van der Waals surface area contributed by atoms with Crippen molar-refractivity contribution in [1.82, 2.24) is 9.97 Å². The molecular weight excluding hydrogens is 277 g/mol. The fourth-order valence-corrected chi connectivity index (χ4v) is 1.55. The highest BCUT2D eigenvalue weighted by Gasteiger charge is 2.10. The first-order valence-electron chi connectivity index (χ1n) is 4.57. The van der Waals surface area contributed by atoms with Gasteiger partial charge in [0, 0.05) is 0 Å². The summed E-state index contributed by atoms with van der Waals surface area (Å²) >= 11 is 9.13. The van der Waals surface area contributed by atoms with Crippen LogP contribution in [-0.2, 0) is 0 Å². The monoisotopic (exact) mass is 287 g/mol. The van der Waals surface area contributed by atoms with Crippen molar-refractivity contribution in [3.05, 3.63) is 16.0 Å². The molecule has 1 rings (SSSR count). The molecule has 5 heteroatoms. The van der Waals surface area contributed by atoms with Crippen molar-refractivity contribution in [3.63, 3.8) is 0 Å². The molecule has 0 spiro atoms. The topological polar surface area (TPSA) is 37.8 Å². The minimum Gasteiger partial charge on any atom is -0.355 e. The van der Waals surface area contributed by atoms with Crippen LogP contribution in [0.1, 0.15) is 19.8 Å². The van der Waals surface area contributed by atoms with Gasteiger partial charge in [0.05, 0.1) is 10.5 Å². The van der Waals surface area contributed by atoms with E-state index in [0.29, 0.717) is 15.4 Å². The summed E-state index contributed by atoms with van der Waals surface area (Å²) < 4.78 is 0.642. The molecule has 0 amide bonds. The number of aromatic nitrogens is 2. The third-order valence-electron chi connectivity index (χ3n) is 1.84. The van der Waals surface area contributed by atoms with E-state index in [-0.39, 0.29) is 6.04 Å². The van der Waals surface area contributed by atoms with Crippen LogP contribution in [0.5, 0.6) is 0 Å². The molecule has 1 atom stereocenters. The summed E-state index contributed by atoms with van der Waals surface area (Å²) in [5, 5.41) is 3.49. The summed E-state index contributed by atoms with van der Waals surface area (Å²) in [5.41, 5.74) is 0. The Morgan fingerprint density at radius 2 is 2.40 bits per heavy atom. The molecule has 0 bridgehead atoms. The molecule has 0 aliphatic heterocycles. The summed E-state index contributed by atoms with van der Waals surface area (Å²) in [7, 11) is 0. The van der Waals surface area contributed by atoms with Gasteiger partial charge in [-0.05, 0) is 22.4 Å². The number of terminal acetylenes is 1. The molecule has 1 N–H and O–H groups in total. The van der Waals surface area contributed by atoms with Crippen LogP contribution < -0.4 is 5.32 Å². The average Bonchev–Trinajstić information content (AvgIpc) is 2.24. The molecule has 1 aromatic heterocycles. The van der Waals surface area contributed by atoms with E-state index in [1.807, 2.05) is 0 Å². The van der Waals surface area contributed by atoms with E-state index in [1.165, 1.54) is 6.33 Å². The molecule has 0 radical (unpaired) electrons. The van der Waals surface area contributed by atoms with Gasteiger partial charge in [0.2, 0.25) is 0 Å². The lowest BCUT2D eigenvalue weighted by Gasteiger charge is -2.13. The van der Waals surface area contributed by atoms with Gasteiger partial charge in [-0.2, -0.15) is 0 Å². The van der Waals surface area contributed by atoms with Crippen LogP contribution in [0, 0.1) is 12.3 Å². The summed E-state index contributed by atoms with van der Waals surface area (Å²) in [4.78, 5) is 7.89. The maximum Gasteiger partial charge on any atom is 0.148 e. The van der Waals surface area contributed by atoms with Crippen LogP contribution in [0.4, 0.5) is 5.82 Å². The number of hydrogen-bond donors (Lipinski definition) is 1. The Bertz CT molecular complexity index is 375. The van der Waals surface area contributed by atoms with Crippen LogP contribution in [-0.4, -0.2) is 16.0 Å². The van der Waals surface area contributed by atoms with Crippen molar-refractivity contribution in [3.8, 4) is 12.3 Å². The van der Waals surface area contributed by atoms with Crippen molar-refractivity contribution >= 4 is 33.3 Å². The van der Waals surface area contributed by atoms with Gasteiger partial charge in [0.25, 0.3) is 0 Å². The highest BCUT2D eigenvalue weighted by Crippen LogP contribution is 2.26. The van der Waals surface area contributed by atoms with E-state index in [4.69, 9.17) is 18.0 Å². The lowest BCUT2D eigenvalue weighted by molar-refractivity contribution is 0.751. The lowest BCUT2D eigenvalue weighted by atomic mass is 10.2. The van der Waals surface area contributed by atoms with Crippen molar-refractivity contribution < 1.29 is 0 Å². The quantitative estimate of drug-likeness (QED) is 0.683. The van der Waals surface area contributed by atoms with Gasteiger partial charge in [0.15, 0.2) is 0 Å². The molecule has 0 aliphatic rings. The predicted octanol–water partition coefficient (Wildman–Crippen LogP) is 3.11. The Balaban J connectivity index is 2.80. The normalized spacial score (nSPS) is 11.9. The molecule has 80 valence electrons. The first-order valence-corrected chi connectivity index (χ1v) is 5.74. The summed E-state index contributed by atoms with van der Waals surface area (Å²) in [6.45, 7) is 2.08. The number of anilines is 1. The van der Waals surface area contributed by atoms with E-state index < -0.39 is 0 Å². The zero-order valence-corrected chi connectivity index (χ0v) is 10.6. The fraction of sp³-hybridized carbons (Fsp3) is 0.400.